The molecule has 1 aromatic heterocycles. The molecule has 1 aromatic rings. The van der Waals surface area contributed by atoms with Crippen LogP contribution in [0.4, 0.5) is 5.69 Å². The van der Waals surface area contributed by atoms with Gasteiger partial charge in [0.15, 0.2) is 0 Å². The van der Waals surface area contributed by atoms with Gasteiger partial charge in [-0.25, -0.2) is 9.97 Å². The normalized spacial score (nSPS) is 28.2. The summed E-state index contributed by atoms with van der Waals surface area (Å²) in [5.74, 6) is -0.297. The van der Waals surface area contributed by atoms with E-state index in [0.29, 0.717) is 12.1 Å². The molecule has 0 bridgehead atoms. The number of anilines is 1. The Morgan fingerprint density at radius 3 is 2.56 bits per heavy atom. The van der Waals surface area contributed by atoms with E-state index in [2.05, 4.69) is 15.3 Å². The second-order valence-corrected chi connectivity index (χ2v) is 4.62. The molecule has 1 saturated heterocycles. The third-order valence-corrected chi connectivity index (χ3v) is 3.39. The summed E-state index contributed by atoms with van der Waals surface area (Å²) >= 11 is 0. The standard InChI is InChI=1S/C12H16N4O2/c1-4-12(3)11(18)16(8(2)10(17)15-12)9-5-13-7-14-6-9/h5-8H,4H2,1-3H3,(H,15,17). The summed E-state index contributed by atoms with van der Waals surface area (Å²) in [6, 6.07) is -0.553. The molecule has 2 rings (SSSR count). The molecule has 1 aliphatic heterocycles. The average Bonchev–Trinajstić information content (AvgIpc) is 2.38. The molecule has 6 nitrogen and oxygen atoms in total. The summed E-state index contributed by atoms with van der Waals surface area (Å²) in [6.07, 6.45) is 5.00. The number of carbonyl (C=O) groups is 2. The van der Waals surface area contributed by atoms with E-state index in [1.54, 1.807) is 13.8 Å². The highest BCUT2D eigenvalue weighted by Gasteiger charge is 2.46. The lowest BCUT2D eigenvalue weighted by molar-refractivity contribution is -0.137. The molecule has 1 aliphatic rings. The van der Waals surface area contributed by atoms with Gasteiger partial charge in [0.05, 0.1) is 18.1 Å². The first-order valence-electron chi connectivity index (χ1n) is 5.90. The van der Waals surface area contributed by atoms with Crippen molar-refractivity contribution in [3.63, 3.8) is 0 Å². The lowest BCUT2D eigenvalue weighted by Gasteiger charge is -2.42. The highest BCUT2D eigenvalue weighted by molar-refractivity contribution is 6.10. The number of aromatic nitrogens is 2. The van der Waals surface area contributed by atoms with Crippen molar-refractivity contribution in [2.75, 3.05) is 4.90 Å². The van der Waals surface area contributed by atoms with Crippen molar-refractivity contribution in [2.24, 2.45) is 0 Å². The van der Waals surface area contributed by atoms with Crippen molar-refractivity contribution < 1.29 is 9.59 Å². The van der Waals surface area contributed by atoms with Crippen molar-refractivity contribution in [1.82, 2.24) is 15.3 Å². The Morgan fingerprint density at radius 2 is 2.00 bits per heavy atom. The second kappa shape index (κ2) is 4.36. The summed E-state index contributed by atoms with van der Waals surface area (Å²) in [6.45, 7) is 5.29. The lowest BCUT2D eigenvalue weighted by atomic mass is 9.92. The van der Waals surface area contributed by atoms with Crippen molar-refractivity contribution in [2.45, 2.75) is 38.8 Å². The van der Waals surface area contributed by atoms with Crippen LogP contribution in [0.2, 0.25) is 0 Å². The van der Waals surface area contributed by atoms with Gasteiger partial charge in [-0.3, -0.25) is 14.5 Å². The number of nitrogens with zero attached hydrogens (tertiary/aromatic N) is 3. The fraction of sp³-hybridized carbons (Fsp3) is 0.500. The fourth-order valence-electron chi connectivity index (χ4n) is 1.98. The van der Waals surface area contributed by atoms with Gasteiger partial charge in [-0.2, -0.15) is 0 Å². The quantitative estimate of drug-likeness (QED) is 0.826. The van der Waals surface area contributed by atoms with Crippen LogP contribution in [0.3, 0.4) is 0 Å². The topological polar surface area (TPSA) is 75.2 Å². The molecule has 0 spiro atoms. The minimum Gasteiger partial charge on any atom is -0.340 e. The molecule has 0 aliphatic carbocycles. The zero-order valence-electron chi connectivity index (χ0n) is 10.7. The molecule has 96 valence electrons. The molecule has 18 heavy (non-hydrogen) atoms. The minimum atomic E-state index is -0.862. The highest BCUT2D eigenvalue weighted by atomic mass is 16.2. The number of nitrogens with one attached hydrogen (secondary N) is 1. The van der Waals surface area contributed by atoms with E-state index < -0.39 is 11.6 Å². The SMILES string of the molecule is CCC1(C)NC(=O)C(C)N(c2cncnc2)C1=O. The van der Waals surface area contributed by atoms with Gasteiger partial charge in [0.1, 0.15) is 17.9 Å². The molecule has 1 N–H and O–H groups in total. The van der Waals surface area contributed by atoms with Gasteiger partial charge >= 0.3 is 0 Å². The van der Waals surface area contributed by atoms with Crippen molar-refractivity contribution >= 4 is 17.5 Å². The number of hydrogen-bond acceptors (Lipinski definition) is 4. The smallest absolute Gasteiger partial charge is 0.253 e. The Labute approximate surface area is 105 Å². The summed E-state index contributed by atoms with van der Waals surface area (Å²) < 4.78 is 0. The average molecular weight is 248 g/mol. The number of amides is 2. The van der Waals surface area contributed by atoms with E-state index in [9.17, 15) is 9.59 Å². The molecule has 2 amide bonds. The van der Waals surface area contributed by atoms with Crippen LogP contribution in [0.5, 0.6) is 0 Å². The van der Waals surface area contributed by atoms with Gasteiger partial charge in [0, 0.05) is 0 Å². The van der Waals surface area contributed by atoms with Crippen molar-refractivity contribution in [1.29, 1.82) is 0 Å². The number of rotatable bonds is 2. The van der Waals surface area contributed by atoms with Crippen LogP contribution in [0.25, 0.3) is 0 Å². The molecule has 0 saturated carbocycles. The zero-order valence-corrected chi connectivity index (χ0v) is 10.7. The molecule has 0 radical (unpaired) electrons. The van der Waals surface area contributed by atoms with Gasteiger partial charge in [-0.15, -0.1) is 0 Å². The maximum Gasteiger partial charge on any atom is 0.253 e. The first kappa shape index (κ1) is 12.5. The summed E-state index contributed by atoms with van der Waals surface area (Å²) in [7, 11) is 0. The van der Waals surface area contributed by atoms with Crippen molar-refractivity contribution in [3.05, 3.63) is 18.7 Å². The third kappa shape index (κ3) is 1.83. The van der Waals surface area contributed by atoms with Crippen LogP contribution in [0.1, 0.15) is 27.2 Å². The third-order valence-electron chi connectivity index (χ3n) is 3.39. The van der Waals surface area contributed by atoms with Crippen LogP contribution in [-0.2, 0) is 9.59 Å². The number of carbonyl (C=O) groups excluding carboxylic acids is 2. The van der Waals surface area contributed by atoms with E-state index in [4.69, 9.17) is 0 Å². The zero-order chi connectivity index (χ0) is 13.3. The summed E-state index contributed by atoms with van der Waals surface area (Å²) in [5, 5.41) is 2.77. The van der Waals surface area contributed by atoms with Gasteiger partial charge in [-0.1, -0.05) is 6.92 Å². The molecular formula is C12H16N4O2. The molecule has 2 heterocycles. The Bertz CT molecular complexity index is 476. The first-order valence-corrected chi connectivity index (χ1v) is 5.90. The van der Waals surface area contributed by atoms with Crippen LogP contribution in [0, 0.1) is 0 Å². The van der Waals surface area contributed by atoms with Crippen molar-refractivity contribution in [3.8, 4) is 0 Å². The summed E-state index contributed by atoms with van der Waals surface area (Å²) in [4.78, 5) is 33.7. The molecule has 2 unspecified atom stereocenters. The van der Waals surface area contributed by atoms with E-state index in [0.717, 1.165) is 0 Å². The molecule has 2 atom stereocenters. The molecule has 0 aromatic carbocycles. The van der Waals surface area contributed by atoms with Gasteiger partial charge in [0.25, 0.3) is 5.91 Å². The van der Waals surface area contributed by atoms with Crippen LogP contribution in [0.15, 0.2) is 18.7 Å². The predicted octanol–water partition coefficient (Wildman–Crippen LogP) is 0.497. The van der Waals surface area contributed by atoms with E-state index in [1.807, 2.05) is 6.92 Å². The Morgan fingerprint density at radius 1 is 1.39 bits per heavy atom. The first-order chi connectivity index (χ1) is 8.49. The largest absolute Gasteiger partial charge is 0.340 e. The maximum absolute atomic E-state index is 12.5. The van der Waals surface area contributed by atoms with Crippen LogP contribution in [-0.4, -0.2) is 33.4 Å². The number of hydrogen-bond donors (Lipinski definition) is 1. The fourth-order valence-corrected chi connectivity index (χ4v) is 1.98. The number of piperazine rings is 1. The van der Waals surface area contributed by atoms with Gasteiger partial charge < -0.3 is 5.32 Å². The van der Waals surface area contributed by atoms with E-state index in [-0.39, 0.29) is 11.8 Å². The molecular weight excluding hydrogens is 232 g/mol. The summed E-state index contributed by atoms with van der Waals surface area (Å²) in [5.41, 5.74) is -0.316. The highest BCUT2D eigenvalue weighted by Crippen LogP contribution is 2.25. The monoisotopic (exact) mass is 248 g/mol. The lowest BCUT2D eigenvalue weighted by Crippen LogP contribution is -2.68. The van der Waals surface area contributed by atoms with E-state index >= 15 is 0 Å². The molecule has 6 heteroatoms. The van der Waals surface area contributed by atoms with Gasteiger partial charge in [0.2, 0.25) is 5.91 Å². The Kier molecular flexibility index (Phi) is 3.02. The second-order valence-electron chi connectivity index (χ2n) is 4.62. The maximum atomic E-state index is 12.5. The Hall–Kier alpha value is -1.98. The minimum absolute atomic E-state index is 0.132. The van der Waals surface area contributed by atoms with Crippen LogP contribution < -0.4 is 10.2 Å². The predicted molar refractivity (Wildman–Crippen MR) is 65.8 cm³/mol. The molecule has 1 fully saturated rings. The van der Waals surface area contributed by atoms with E-state index in [1.165, 1.54) is 23.6 Å². The van der Waals surface area contributed by atoms with Gasteiger partial charge in [-0.05, 0) is 20.3 Å². The Balaban J connectivity index is 2.44. The van der Waals surface area contributed by atoms with Crippen LogP contribution >= 0.6 is 0 Å².